The fourth-order valence-electron chi connectivity index (χ4n) is 4.83. The molecule has 2 heterocycles. The number of amides is 2. The van der Waals surface area contributed by atoms with E-state index in [0.717, 1.165) is 36.1 Å². The van der Waals surface area contributed by atoms with Crippen molar-refractivity contribution < 1.29 is 19.1 Å². The van der Waals surface area contributed by atoms with Crippen molar-refractivity contribution >= 4 is 23.2 Å². The third-order valence-electron chi connectivity index (χ3n) is 6.43. The van der Waals surface area contributed by atoms with Gasteiger partial charge >= 0.3 is 0 Å². The summed E-state index contributed by atoms with van der Waals surface area (Å²) in [5, 5.41) is 2.00. The van der Waals surface area contributed by atoms with Crippen LogP contribution in [0.4, 0.5) is 0 Å². The largest absolute Gasteiger partial charge is 0.493 e. The summed E-state index contributed by atoms with van der Waals surface area (Å²) >= 11 is 1.60. The summed E-state index contributed by atoms with van der Waals surface area (Å²) in [5.41, 5.74) is 0.763. The molecule has 1 aliphatic heterocycles. The Labute approximate surface area is 194 Å². The Morgan fingerprint density at radius 2 is 1.84 bits per heavy atom. The molecule has 2 aromatic rings. The Bertz CT molecular complexity index is 922. The van der Waals surface area contributed by atoms with Crippen LogP contribution < -0.4 is 9.47 Å². The number of methoxy groups -OCH3 is 1. The van der Waals surface area contributed by atoms with Crippen LogP contribution >= 0.6 is 11.3 Å². The van der Waals surface area contributed by atoms with Crippen LogP contribution in [0.2, 0.25) is 0 Å². The van der Waals surface area contributed by atoms with Crippen LogP contribution in [0.25, 0.3) is 0 Å². The maximum Gasteiger partial charge on any atom is 0.250 e. The van der Waals surface area contributed by atoms with Gasteiger partial charge in [0.15, 0.2) is 11.5 Å². The summed E-state index contributed by atoms with van der Waals surface area (Å²) in [6.45, 7) is 3.04. The van der Waals surface area contributed by atoms with E-state index in [9.17, 15) is 9.59 Å². The number of benzene rings is 1. The SMILES string of the molecule is CCOc1ccc(C2C(=O)N(C3CCCCCC3)CC(=O)N2Cc2cccs2)cc1OC. The van der Waals surface area contributed by atoms with Gasteiger partial charge in [0.25, 0.3) is 5.91 Å². The van der Waals surface area contributed by atoms with E-state index in [2.05, 4.69) is 0 Å². The van der Waals surface area contributed by atoms with E-state index in [1.807, 2.05) is 47.5 Å². The molecule has 0 radical (unpaired) electrons. The van der Waals surface area contributed by atoms with Gasteiger partial charge in [0, 0.05) is 10.9 Å². The van der Waals surface area contributed by atoms with E-state index in [0.29, 0.717) is 24.7 Å². The van der Waals surface area contributed by atoms with Gasteiger partial charge in [0.2, 0.25) is 5.91 Å². The van der Waals surface area contributed by atoms with Gasteiger partial charge in [-0.1, -0.05) is 37.8 Å². The molecular formula is C25H32N2O4S. The third-order valence-corrected chi connectivity index (χ3v) is 7.29. The molecule has 172 valence electrons. The maximum atomic E-state index is 13.9. The molecule has 2 amide bonds. The minimum absolute atomic E-state index is 0.0000912. The summed E-state index contributed by atoms with van der Waals surface area (Å²) in [7, 11) is 1.59. The first kappa shape index (κ1) is 22.6. The quantitative estimate of drug-likeness (QED) is 0.562. The Morgan fingerprint density at radius 1 is 1.06 bits per heavy atom. The van der Waals surface area contributed by atoms with Crippen molar-refractivity contribution in [2.45, 2.75) is 64.1 Å². The molecule has 1 unspecified atom stereocenters. The predicted molar refractivity (Wildman–Crippen MR) is 125 cm³/mol. The van der Waals surface area contributed by atoms with Gasteiger partial charge in [-0.15, -0.1) is 11.3 Å². The molecular weight excluding hydrogens is 424 g/mol. The van der Waals surface area contributed by atoms with Crippen LogP contribution in [0.3, 0.4) is 0 Å². The Hall–Kier alpha value is -2.54. The predicted octanol–water partition coefficient (Wildman–Crippen LogP) is 4.79. The fourth-order valence-corrected chi connectivity index (χ4v) is 5.53. The van der Waals surface area contributed by atoms with Crippen molar-refractivity contribution in [1.82, 2.24) is 9.80 Å². The normalized spacial score (nSPS) is 20.4. The lowest BCUT2D eigenvalue weighted by molar-refractivity contribution is -0.159. The van der Waals surface area contributed by atoms with E-state index in [1.165, 1.54) is 12.8 Å². The van der Waals surface area contributed by atoms with Gasteiger partial charge in [0.1, 0.15) is 12.6 Å². The summed E-state index contributed by atoms with van der Waals surface area (Å²) in [6, 6.07) is 9.04. The Kier molecular flexibility index (Phi) is 7.35. The number of hydrogen-bond acceptors (Lipinski definition) is 5. The van der Waals surface area contributed by atoms with E-state index < -0.39 is 6.04 Å². The summed E-state index contributed by atoms with van der Waals surface area (Å²) in [4.78, 5) is 31.9. The average Bonchev–Trinajstić information content (AvgIpc) is 3.16. The van der Waals surface area contributed by atoms with E-state index in [-0.39, 0.29) is 24.4 Å². The molecule has 4 rings (SSSR count). The first-order valence-corrected chi connectivity index (χ1v) is 12.4. The molecule has 0 spiro atoms. The highest BCUT2D eigenvalue weighted by atomic mass is 32.1. The minimum Gasteiger partial charge on any atom is -0.493 e. The molecule has 0 N–H and O–H groups in total. The number of nitrogens with zero attached hydrogens (tertiary/aromatic N) is 2. The molecule has 1 saturated carbocycles. The minimum atomic E-state index is -0.661. The lowest BCUT2D eigenvalue weighted by atomic mass is 9.97. The van der Waals surface area contributed by atoms with Crippen molar-refractivity contribution in [3.63, 3.8) is 0 Å². The van der Waals surface area contributed by atoms with Gasteiger partial charge in [-0.05, 0) is 48.9 Å². The molecule has 0 bridgehead atoms. The topological polar surface area (TPSA) is 59.1 Å². The standard InChI is InChI=1S/C25H32N2O4S/c1-3-31-21-13-12-18(15-22(21)30-2)24-25(29)26(19-9-6-4-5-7-10-19)17-23(28)27(24)16-20-11-8-14-32-20/h8,11-15,19,24H,3-7,9-10,16-17H2,1-2H3. The highest BCUT2D eigenvalue weighted by Crippen LogP contribution is 2.37. The molecule has 1 atom stereocenters. The van der Waals surface area contributed by atoms with E-state index in [4.69, 9.17) is 9.47 Å². The van der Waals surface area contributed by atoms with Crippen LogP contribution in [0.1, 0.15) is 61.9 Å². The van der Waals surface area contributed by atoms with Gasteiger partial charge in [-0.2, -0.15) is 0 Å². The number of hydrogen-bond donors (Lipinski definition) is 0. The second-order valence-electron chi connectivity index (χ2n) is 8.46. The Morgan fingerprint density at radius 3 is 2.50 bits per heavy atom. The molecule has 6 nitrogen and oxygen atoms in total. The molecule has 1 aliphatic carbocycles. The molecule has 2 aliphatic rings. The zero-order chi connectivity index (χ0) is 22.5. The maximum absolute atomic E-state index is 13.9. The fraction of sp³-hybridized carbons (Fsp3) is 0.520. The monoisotopic (exact) mass is 456 g/mol. The third kappa shape index (κ3) is 4.77. The summed E-state index contributed by atoms with van der Waals surface area (Å²) in [5.74, 6) is 1.23. The lowest BCUT2D eigenvalue weighted by Gasteiger charge is -2.43. The smallest absolute Gasteiger partial charge is 0.250 e. The van der Waals surface area contributed by atoms with Crippen molar-refractivity contribution in [1.29, 1.82) is 0 Å². The second-order valence-corrected chi connectivity index (χ2v) is 9.49. The first-order valence-electron chi connectivity index (χ1n) is 11.6. The number of rotatable bonds is 7. The van der Waals surface area contributed by atoms with E-state index >= 15 is 0 Å². The number of ether oxygens (including phenoxy) is 2. The highest BCUT2D eigenvalue weighted by molar-refractivity contribution is 7.09. The molecule has 32 heavy (non-hydrogen) atoms. The average molecular weight is 457 g/mol. The summed E-state index contributed by atoms with van der Waals surface area (Å²) < 4.78 is 11.2. The molecule has 1 aromatic carbocycles. The second kappa shape index (κ2) is 10.4. The summed E-state index contributed by atoms with van der Waals surface area (Å²) in [6.07, 6.45) is 6.59. The highest BCUT2D eigenvalue weighted by Gasteiger charge is 2.43. The Balaban J connectivity index is 1.70. The van der Waals surface area contributed by atoms with Crippen molar-refractivity contribution in [3.8, 4) is 11.5 Å². The number of carbonyl (C=O) groups excluding carboxylic acids is 2. The van der Waals surface area contributed by atoms with Crippen molar-refractivity contribution in [2.24, 2.45) is 0 Å². The van der Waals surface area contributed by atoms with Crippen LogP contribution in [0.5, 0.6) is 11.5 Å². The van der Waals surface area contributed by atoms with Crippen LogP contribution in [-0.4, -0.2) is 47.9 Å². The van der Waals surface area contributed by atoms with Gasteiger partial charge in [0.05, 0.1) is 20.3 Å². The molecule has 7 heteroatoms. The number of carbonyl (C=O) groups is 2. The molecule has 1 aromatic heterocycles. The zero-order valence-electron chi connectivity index (χ0n) is 18.9. The molecule has 1 saturated heterocycles. The van der Waals surface area contributed by atoms with Crippen LogP contribution in [0, 0.1) is 0 Å². The number of piperazine rings is 1. The lowest BCUT2D eigenvalue weighted by Crippen LogP contribution is -2.57. The van der Waals surface area contributed by atoms with Gasteiger partial charge in [-0.25, -0.2) is 0 Å². The van der Waals surface area contributed by atoms with Crippen molar-refractivity contribution in [3.05, 3.63) is 46.2 Å². The van der Waals surface area contributed by atoms with Gasteiger partial charge < -0.3 is 19.3 Å². The zero-order valence-corrected chi connectivity index (χ0v) is 19.7. The number of thiophene rings is 1. The molecule has 2 fully saturated rings. The van der Waals surface area contributed by atoms with Crippen LogP contribution in [-0.2, 0) is 16.1 Å². The van der Waals surface area contributed by atoms with Crippen LogP contribution in [0.15, 0.2) is 35.7 Å². The van der Waals surface area contributed by atoms with Gasteiger partial charge in [-0.3, -0.25) is 9.59 Å². The van der Waals surface area contributed by atoms with Crippen molar-refractivity contribution in [2.75, 3.05) is 20.3 Å². The first-order chi connectivity index (χ1) is 15.6. The van der Waals surface area contributed by atoms with E-state index in [1.54, 1.807) is 23.3 Å².